The number of carbonyl (C=O) groups is 2. The summed E-state index contributed by atoms with van der Waals surface area (Å²) in [6.07, 6.45) is 2.21. The Labute approximate surface area is 79.2 Å². The second-order valence-corrected chi connectivity index (χ2v) is 1.58. The Morgan fingerprint density at radius 1 is 1.00 bits per heavy atom. The van der Waals surface area contributed by atoms with E-state index in [4.69, 9.17) is 19.8 Å². The molecule has 0 aliphatic carbocycles. The van der Waals surface area contributed by atoms with Crippen LogP contribution in [0.1, 0.15) is 0 Å². The first-order valence-corrected chi connectivity index (χ1v) is 3.13. The van der Waals surface area contributed by atoms with Crippen molar-refractivity contribution in [3.8, 4) is 0 Å². The Kier molecular flexibility index (Phi) is 10.7. The van der Waals surface area contributed by atoms with Crippen molar-refractivity contribution in [2.75, 3.05) is 0 Å². The van der Waals surface area contributed by atoms with Gasteiger partial charge in [0.25, 0.3) is 0 Å². The summed E-state index contributed by atoms with van der Waals surface area (Å²) in [6.45, 7) is 0. The molecule has 1 rings (SSSR count). The number of nitrogens with two attached hydrogens (primary N) is 2. The molecule has 0 atom stereocenters. The van der Waals surface area contributed by atoms with Gasteiger partial charge >= 0.3 is 12.2 Å². The molecule has 8 heteroatoms. The minimum absolute atomic E-state index is 1.33. The smallest absolute Gasteiger partial charge is 0.402 e. The second-order valence-electron chi connectivity index (χ2n) is 1.58. The van der Waals surface area contributed by atoms with E-state index in [2.05, 4.69) is 21.4 Å². The van der Waals surface area contributed by atoms with Crippen molar-refractivity contribution in [2.45, 2.75) is 0 Å². The molecule has 0 bridgehead atoms. The maximum Gasteiger partial charge on any atom is 0.402 e. The Hall–Kier alpha value is -2.38. The summed E-state index contributed by atoms with van der Waals surface area (Å²) in [6, 6.07) is 1.78. The van der Waals surface area contributed by atoms with Gasteiger partial charge in [-0.15, -0.1) is 0 Å². The van der Waals surface area contributed by atoms with Gasteiger partial charge in [0.05, 0.1) is 0 Å². The van der Waals surface area contributed by atoms with Gasteiger partial charge in [-0.05, 0) is 6.07 Å². The highest BCUT2D eigenvalue weighted by molar-refractivity contribution is 5.61. The number of carboxylic acid groups (broad SMARTS) is 2. The maximum atomic E-state index is 8.78. The predicted octanol–water partition coefficient (Wildman–Crippen LogP) is -0.277. The van der Waals surface area contributed by atoms with E-state index in [-0.39, 0.29) is 0 Å². The minimum Gasteiger partial charge on any atom is -0.465 e. The third-order valence-corrected chi connectivity index (χ3v) is 0.478. The zero-order valence-electron chi connectivity index (χ0n) is 7.07. The van der Waals surface area contributed by atoms with E-state index < -0.39 is 12.2 Å². The number of rotatable bonds is 0. The molecule has 1 aromatic rings. The first-order chi connectivity index (χ1) is 6.46. The highest BCUT2D eigenvalue weighted by atomic mass is 16.4. The largest absolute Gasteiger partial charge is 0.465 e. The third kappa shape index (κ3) is 54.5. The topological polar surface area (TPSA) is 152 Å². The first-order valence-electron chi connectivity index (χ1n) is 3.13. The van der Waals surface area contributed by atoms with E-state index in [1.807, 2.05) is 0 Å². The molecule has 0 aromatic carbocycles. The Balaban J connectivity index is 0. The lowest BCUT2D eigenvalue weighted by Gasteiger charge is -1.70. The summed E-state index contributed by atoms with van der Waals surface area (Å²) in [4.78, 5) is 24.9. The lowest BCUT2D eigenvalue weighted by molar-refractivity contribution is 0.204. The molecular weight excluding hydrogens is 192 g/mol. The van der Waals surface area contributed by atoms with Crippen LogP contribution in [0.25, 0.3) is 0 Å². The van der Waals surface area contributed by atoms with Crippen LogP contribution >= 0.6 is 0 Å². The van der Waals surface area contributed by atoms with Crippen molar-refractivity contribution in [3.63, 3.8) is 0 Å². The molecular formula is C6H10N4O4. The molecule has 0 saturated carbocycles. The minimum atomic E-state index is -1.33. The normalized spacial score (nSPS) is 6.86. The van der Waals surface area contributed by atoms with E-state index in [1.54, 1.807) is 18.5 Å². The summed E-state index contributed by atoms with van der Waals surface area (Å²) < 4.78 is 0. The molecule has 0 radical (unpaired) electrons. The molecule has 0 fully saturated rings. The first kappa shape index (κ1) is 14.2. The van der Waals surface area contributed by atoms with Gasteiger partial charge in [0.2, 0.25) is 0 Å². The van der Waals surface area contributed by atoms with E-state index in [1.165, 1.54) is 6.33 Å². The molecule has 0 spiro atoms. The molecule has 0 aliphatic heterocycles. The van der Waals surface area contributed by atoms with Crippen molar-refractivity contribution in [1.82, 2.24) is 9.97 Å². The number of aromatic nitrogens is 2. The average molecular weight is 202 g/mol. The van der Waals surface area contributed by atoms with Crippen molar-refractivity contribution in [3.05, 3.63) is 24.8 Å². The highest BCUT2D eigenvalue weighted by Gasteiger charge is 1.65. The lowest BCUT2D eigenvalue weighted by atomic mass is 10.7. The molecule has 6 N–H and O–H groups in total. The number of hydrogen-bond acceptors (Lipinski definition) is 4. The van der Waals surface area contributed by atoms with Gasteiger partial charge in [-0.1, -0.05) is 0 Å². The Morgan fingerprint density at radius 2 is 1.29 bits per heavy atom. The molecule has 2 amide bonds. The molecule has 0 aliphatic rings. The number of nitrogens with zero attached hydrogens (tertiary/aromatic N) is 2. The van der Waals surface area contributed by atoms with Crippen LogP contribution in [0.2, 0.25) is 0 Å². The SMILES string of the molecule is NC(=O)O.NC(=O)O.c1cncnc1. The lowest BCUT2D eigenvalue weighted by Crippen LogP contribution is -2.03. The summed E-state index contributed by atoms with van der Waals surface area (Å²) in [5.41, 5.74) is 8.06. The van der Waals surface area contributed by atoms with E-state index in [0.29, 0.717) is 0 Å². The number of hydrogen-bond donors (Lipinski definition) is 4. The van der Waals surface area contributed by atoms with Crippen molar-refractivity contribution < 1.29 is 19.8 Å². The molecule has 14 heavy (non-hydrogen) atoms. The van der Waals surface area contributed by atoms with Crippen molar-refractivity contribution in [2.24, 2.45) is 11.5 Å². The van der Waals surface area contributed by atoms with Gasteiger partial charge in [0.1, 0.15) is 6.33 Å². The summed E-state index contributed by atoms with van der Waals surface area (Å²) in [7, 11) is 0. The molecule has 1 aromatic heterocycles. The predicted molar refractivity (Wildman–Crippen MR) is 46.5 cm³/mol. The standard InChI is InChI=1S/C4H4N2.2CH3NO2/c1-2-5-4-6-3-1;2*2-1(3)4/h1-4H;2*2H2,(H,3,4). The van der Waals surface area contributed by atoms with Crippen LogP contribution in [0.4, 0.5) is 9.59 Å². The summed E-state index contributed by atoms with van der Waals surface area (Å²) in [5.74, 6) is 0. The van der Waals surface area contributed by atoms with Crippen molar-refractivity contribution in [1.29, 1.82) is 0 Å². The van der Waals surface area contributed by atoms with Gasteiger partial charge in [0.15, 0.2) is 0 Å². The highest BCUT2D eigenvalue weighted by Crippen LogP contribution is 1.66. The Morgan fingerprint density at radius 3 is 1.36 bits per heavy atom. The fourth-order valence-electron chi connectivity index (χ4n) is 0.253. The zero-order valence-corrected chi connectivity index (χ0v) is 7.07. The molecule has 78 valence electrons. The average Bonchev–Trinajstić information content (AvgIpc) is 2.05. The molecule has 8 nitrogen and oxygen atoms in total. The molecule has 1 heterocycles. The van der Waals surface area contributed by atoms with Crippen LogP contribution in [0.3, 0.4) is 0 Å². The van der Waals surface area contributed by atoms with Crippen LogP contribution in [0.5, 0.6) is 0 Å². The van der Waals surface area contributed by atoms with Gasteiger partial charge in [-0.3, -0.25) is 0 Å². The zero-order chi connectivity index (χ0) is 11.4. The van der Waals surface area contributed by atoms with Gasteiger partial charge in [0, 0.05) is 12.4 Å². The number of primary amides is 2. The van der Waals surface area contributed by atoms with E-state index in [9.17, 15) is 0 Å². The summed E-state index contributed by atoms with van der Waals surface area (Å²) in [5, 5.41) is 14.4. The third-order valence-electron chi connectivity index (χ3n) is 0.478. The van der Waals surface area contributed by atoms with Crippen LogP contribution in [0, 0.1) is 0 Å². The van der Waals surface area contributed by atoms with Gasteiger partial charge < -0.3 is 21.7 Å². The fraction of sp³-hybridized carbons (Fsp3) is 0. The van der Waals surface area contributed by atoms with E-state index >= 15 is 0 Å². The maximum absolute atomic E-state index is 8.78. The molecule has 0 saturated heterocycles. The van der Waals surface area contributed by atoms with Gasteiger partial charge in [-0.2, -0.15) is 0 Å². The monoisotopic (exact) mass is 202 g/mol. The van der Waals surface area contributed by atoms with Crippen molar-refractivity contribution >= 4 is 12.2 Å². The summed E-state index contributed by atoms with van der Waals surface area (Å²) >= 11 is 0. The van der Waals surface area contributed by atoms with Crippen LogP contribution in [-0.4, -0.2) is 32.4 Å². The van der Waals surface area contributed by atoms with Gasteiger partial charge in [-0.25, -0.2) is 19.6 Å². The van der Waals surface area contributed by atoms with Crippen LogP contribution < -0.4 is 11.5 Å². The second kappa shape index (κ2) is 10.6. The van der Waals surface area contributed by atoms with E-state index in [0.717, 1.165) is 0 Å². The fourth-order valence-corrected chi connectivity index (χ4v) is 0.253. The quantitative estimate of drug-likeness (QED) is 0.454. The van der Waals surface area contributed by atoms with Crippen LogP contribution in [0.15, 0.2) is 24.8 Å². The Bertz CT molecular complexity index is 207. The number of amides is 2. The molecule has 0 unspecified atom stereocenters. The van der Waals surface area contributed by atoms with Crippen LogP contribution in [-0.2, 0) is 0 Å².